The molecule has 1 heteroatoms. The number of hydrogen-bond donors (Lipinski definition) is 1. The van der Waals surface area contributed by atoms with Gasteiger partial charge in [0.2, 0.25) is 0 Å². The Morgan fingerprint density at radius 2 is 2.00 bits per heavy atom. The molecule has 0 aliphatic carbocycles. The quantitative estimate of drug-likeness (QED) is 0.738. The van der Waals surface area contributed by atoms with Crippen LogP contribution in [0, 0.1) is 5.92 Å². The van der Waals surface area contributed by atoms with Crippen molar-refractivity contribution in [3.63, 3.8) is 0 Å². The summed E-state index contributed by atoms with van der Waals surface area (Å²) >= 11 is 0. The van der Waals surface area contributed by atoms with Gasteiger partial charge in [-0.25, -0.2) is 0 Å². The van der Waals surface area contributed by atoms with Gasteiger partial charge in [0, 0.05) is 12.1 Å². The molecule has 0 saturated heterocycles. The number of benzene rings is 1. The first-order valence-corrected chi connectivity index (χ1v) is 5.39. The van der Waals surface area contributed by atoms with E-state index in [1.807, 2.05) is 13.1 Å². The monoisotopic (exact) mass is 201 g/mol. The Balaban J connectivity index is 2.98. The van der Waals surface area contributed by atoms with Crippen molar-refractivity contribution in [2.45, 2.75) is 13.8 Å². The molecular formula is C14H19N. The Kier molecular flexibility index (Phi) is 4.89. The summed E-state index contributed by atoms with van der Waals surface area (Å²) in [7, 11) is 1.96. The summed E-state index contributed by atoms with van der Waals surface area (Å²) in [6.45, 7) is 5.18. The zero-order valence-corrected chi connectivity index (χ0v) is 9.75. The topological polar surface area (TPSA) is 12.0 Å². The first-order valence-electron chi connectivity index (χ1n) is 5.39. The summed E-state index contributed by atoms with van der Waals surface area (Å²) in [5.74, 6) is 0.542. The van der Waals surface area contributed by atoms with Crippen LogP contribution in [0.15, 0.2) is 42.1 Å². The molecule has 0 aliphatic rings. The average molecular weight is 201 g/mol. The number of likely N-dealkylation sites (N-methyl/N-ethyl adjacent to an activating group) is 1. The molecule has 0 aromatic heterocycles. The minimum absolute atomic E-state index is 0.542. The van der Waals surface area contributed by atoms with Crippen LogP contribution in [-0.4, -0.2) is 13.6 Å². The maximum absolute atomic E-state index is 3.37. The molecule has 1 aromatic carbocycles. The summed E-state index contributed by atoms with van der Waals surface area (Å²) in [6.07, 6.45) is 2.11. The normalized spacial score (nSPS) is 9.87. The highest BCUT2D eigenvalue weighted by atomic mass is 14.8. The van der Waals surface area contributed by atoms with Gasteiger partial charge in [-0.1, -0.05) is 44.2 Å². The molecule has 0 fully saturated rings. The second-order valence-electron chi connectivity index (χ2n) is 3.93. The van der Waals surface area contributed by atoms with E-state index in [0.717, 1.165) is 6.54 Å². The van der Waals surface area contributed by atoms with Crippen molar-refractivity contribution in [1.82, 2.24) is 5.32 Å². The smallest absolute Gasteiger partial charge is 0.0281 e. The molecule has 0 unspecified atom stereocenters. The lowest BCUT2D eigenvalue weighted by Crippen LogP contribution is -2.09. The third-order valence-corrected chi connectivity index (χ3v) is 2.07. The van der Waals surface area contributed by atoms with Crippen molar-refractivity contribution >= 4 is 5.57 Å². The largest absolute Gasteiger partial charge is 0.315 e. The SMILES string of the molecule is CNCC(=C=CC(C)C)c1ccccc1. The van der Waals surface area contributed by atoms with Crippen LogP contribution in [0.1, 0.15) is 19.4 Å². The van der Waals surface area contributed by atoms with Gasteiger partial charge in [0.25, 0.3) is 0 Å². The van der Waals surface area contributed by atoms with Crippen molar-refractivity contribution in [1.29, 1.82) is 0 Å². The van der Waals surface area contributed by atoms with Gasteiger partial charge in [0.15, 0.2) is 0 Å². The van der Waals surface area contributed by atoms with Gasteiger partial charge >= 0.3 is 0 Å². The molecule has 0 radical (unpaired) electrons. The minimum Gasteiger partial charge on any atom is -0.315 e. The molecule has 0 amide bonds. The lowest BCUT2D eigenvalue weighted by atomic mass is 10.1. The third kappa shape index (κ3) is 4.16. The molecule has 0 spiro atoms. The Morgan fingerprint density at radius 3 is 2.53 bits per heavy atom. The molecule has 1 N–H and O–H groups in total. The molecule has 1 aromatic rings. The molecule has 0 bridgehead atoms. The number of nitrogens with one attached hydrogen (secondary N) is 1. The highest BCUT2D eigenvalue weighted by Crippen LogP contribution is 2.11. The molecule has 0 aliphatic heterocycles. The first kappa shape index (κ1) is 11.8. The standard InChI is InChI=1S/C14H19N/c1-12(2)9-10-14(11-15-3)13-7-5-4-6-8-13/h4-9,12,15H,11H2,1-3H3. The Bertz CT molecular complexity index is 343. The van der Waals surface area contributed by atoms with E-state index >= 15 is 0 Å². The van der Waals surface area contributed by atoms with Gasteiger partial charge in [-0.05, 0) is 24.6 Å². The summed E-state index contributed by atoms with van der Waals surface area (Å²) in [5, 5.41) is 3.17. The average Bonchev–Trinajstić information content (AvgIpc) is 2.25. The predicted octanol–water partition coefficient (Wildman–Crippen LogP) is 3.10. The molecule has 1 rings (SSSR count). The van der Waals surface area contributed by atoms with E-state index in [2.05, 4.69) is 55.2 Å². The van der Waals surface area contributed by atoms with Gasteiger partial charge in [0.1, 0.15) is 0 Å². The van der Waals surface area contributed by atoms with Crippen LogP contribution in [0.2, 0.25) is 0 Å². The van der Waals surface area contributed by atoms with Crippen molar-refractivity contribution in [2.75, 3.05) is 13.6 Å². The maximum Gasteiger partial charge on any atom is 0.0281 e. The second kappa shape index (κ2) is 6.23. The number of rotatable bonds is 4. The Labute approximate surface area is 92.5 Å². The molecule has 80 valence electrons. The highest BCUT2D eigenvalue weighted by molar-refractivity contribution is 5.66. The maximum atomic E-state index is 3.37. The van der Waals surface area contributed by atoms with Crippen LogP contribution in [0.25, 0.3) is 5.57 Å². The van der Waals surface area contributed by atoms with E-state index in [1.165, 1.54) is 11.1 Å². The molecular weight excluding hydrogens is 182 g/mol. The Hall–Kier alpha value is -1.30. The third-order valence-electron chi connectivity index (χ3n) is 2.07. The van der Waals surface area contributed by atoms with Gasteiger partial charge in [-0.2, -0.15) is 0 Å². The van der Waals surface area contributed by atoms with Crippen LogP contribution < -0.4 is 5.32 Å². The van der Waals surface area contributed by atoms with E-state index in [9.17, 15) is 0 Å². The molecule has 1 nitrogen and oxygen atoms in total. The summed E-state index contributed by atoms with van der Waals surface area (Å²) in [5.41, 5.74) is 5.82. The van der Waals surface area contributed by atoms with Crippen LogP contribution in [0.4, 0.5) is 0 Å². The lowest BCUT2D eigenvalue weighted by molar-refractivity contribution is 0.832. The van der Waals surface area contributed by atoms with Crippen LogP contribution in [0.3, 0.4) is 0 Å². The summed E-state index contributed by atoms with van der Waals surface area (Å²) < 4.78 is 0. The van der Waals surface area contributed by atoms with E-state index in [-0.39, 0.29) is 0 Å². The predicted molar refractivity (Wildman–Crippen MR) is 66.7 cm³/mol. The van der Waals surface area contributed by atoms with Crippen molar-refractivity contribution in [3.8, 4) is 0 Å². The minimum atomic E-state index is 0.542. The highest BCUT2D eigenvalue weighted by Gasteiger charge is 1.97. The fraction of sp³-hybridized carbons (Fsp3) is 0.357. The number of hydrogen-bond acceptors (Lipinski definition) is 1. The molecule has 0 atom stereocenters. The van der Waals surface area contributed by atoms with Gasteiger partial charge in [-0.15, -0.1) is 5.73 Å². The van der Waals surface area contributed by atoms with E-state index in [0.29, 0.717) is 5.92 Å². The van der Waals surface area contributed by atoms with Gasteiger partial charge in [-0.3, -0.25) is 0 Å². The summed E-state index contributed by atoms with van der Waals surface area (Å²) in [6, 6.07) is 10.4. The fourth-order valence-electron chi connectivity index (χ4n) is 1.32. The molecule has 0 heterocycles. The van der Waals surface area contributed by atoms with E-state index in [4.69, 9.17) is 0 Å². The van der Waals surface area contributed by atoms with Crippen molar-refractivity contribution in [2.24, 2.45) is 5.92 Å². The second-order valence-corrected chi connectivity index (χ2v) is 3.93. The lowest BCUT2D eigenvalue weighted by Gasteiger charge is -2.03. The van der Waals surface area contributed by atoms with E-state index < -0.39 is 0 Å². The molecule has 15 heavy (non-hydrogen) atoms. The van der Waals surface area contributed by atoms with Crippen LogP contribution >= 0.6 is 0 Å². The van der Waals surface area contributed by atoms with Crippen LogP contribution in [-0.2, 0) is 0 Å². The molecule has 0 saturated carbocycles. The van der Waals surface area contributed by atoms with Gasteiger partial charge in [0.05, 0.1) is 0 Å². The van der Waals surface area contributed by atoms with Crippen LogP contribution in [0.5, 0.6) is 0 Å². The van der Waals surface area contributed by atoms with Gasteiger partial charge < -0.3 is 5.32 Å². The first-order chi connectivity index (χ1) is 7.24. The van der Waals surface area contributed by atoms with E-state index in [1.54, 1.807) is 0 Å². The zero-order chi connectivity index (χ0) is 11.1. The van der Waals surface area contributed by atoms with Crippen molar-refractivity contribution < 1.29 is 0 Å². The van der Waals surface area contributed by atoms with Crippen molar-refractivity contribution in [3.05, 3.63) is 47.7 Å². The Morgan fingerprint density at radius 1 is 1.33 bits per heavy atom. The fourth-order valence-corrected chi connectivity index (χ4v) is 1.32. The summed E-state index contributed by atoms with van der Waals surface area (Å²) in [4.78, 5) is 0. The zero-order valence-electron chi connectivity index (χ0n) is 9.75.